The lowest BCUT2D eigenvalue weighted by molar-refractivity contribution is 0.978. The molecule has 0 spiro atoms. The fourth-order valence-corrected chi connectivity index (χ4v) is 0.667. The number of hydrogen-bond donors (Lipinski definition) is 1. The van der Waals surface area contributed by atoms with Crippen molar-refractivity contribution in [3.8, 4) is 12.1 Å². The number of nitrogens with zero attached hydrogens (tertiary/aromatic N) is 2. The van der Waals surface area contributed by atoms with Gasteiger partial charge < -0.3 is 5.73 Å². The van der Waals surface area contributed by atoms with Gasteiger partial charge in [0.15, 0.2) is 0 Å². The molecular formula is C5H5N3. The van der Waals surface area contributed by atoms with Gasteiger partial charge in [-0.05, 0) is 0 Å². The normalized spacial score (nSPS) is 42.1. The summed E-state index contributed by atoms with van der Waals surface area (Å²) in [5, 5.41) is 16.4. The molecule has 0 radical (unpaired) electrons. The summed E-state index contributed by atoms with van der Waals surface area (Å²) >= 11 is 0. The van der Waals surface area contributed by atoms with Gasteiger partial charge in [0.1, 0.15) is 0 Å². The van der Waals surface area contributed by atoms with Crippen molar-refractivity contribution in [1.82, 2.24) is 0 Å². The molecule has 1 saturated carbocycles. The van der Waals surface area contributed by atoms with Crippen LogP contribution in [0.2, 0.25) is 0 Å². The summed E-state index contributed by atoms with van der Waals surface area (Å²) in [5.74, 6) is -0.389. The molecule has 2 unspecified atom stereocenters. The highest BCUT2D eigenvalue weighted by molar-refractivity contribution is 5.20. The van der Waals surface area contributed by atoms with Crippen molar-refractivity contribution < 1.29 is 0 Å². The predicted octanol–water partition coefficient (Wildman–Crippen LogP) is -0.393. The van der Waals surface area contributed by atoms with E-state index in [0.29, 0.717) is 0 Å². The molecule has 0 saturated heterocycles. The molecule has 3 nitrogen and oxygen atoms in total. The van der Waals surface area contributed by atoms with E-state index in [9.17, 15) is 0 Å². The molecule has 2 atom stereocenters. The van der Waals surface area contributed by atoms with Crippen molar-refractivity contribution in [3.05, 3.63) is 0 Å². The van der Waals surface area contributed by atoms with Gasteiger partial charge in [-0.3, -0.25) is 0 Å². The van der Waals surface area contributed by atoms with Crippen LogP contribution in [-0.2, 0) is 0 Å². The molecule has 0 aromatic rings. The maximum atomic E-state index is 8.20. The Morgan fingerprint density at radius 2 is 1.50 bits per heavy atom. The van der Waals surface area contributed by atoms with E-state index >= 15 is 0 Å². The van der Waals surface area contributed by atoms with E-state index in [-0.39, 0.29) is 17.9 Å². The molecule has 3 heteroatoms. The zero-order valence-corrected chi connectivity index (χ0v) is 4.20. The largest absolute Gasteiger partial charge is 0.325 e. The lowest BCUT2D eigenvalue weighted by atomic mass is 10.4. The molecule has 40 valence electrons. The standard InChI is InChI=1S/C5H5N3/c6-1-3-4(2-7)5(3)8/h3-5H,8H2. The van der Waals surface area contributed by atoms with Crippen molar-refractivity contribution in [1.29, 1.82) is 10.5 Å². The minimum atomic E-state index is -0.194. The molecule has 2 N–H and O–H groups in total. The van der Waals surface area contributed by atoms with Gasteiger partial charge in [-0.2, -0.15) is 10.5 Å². The topological polar surface area (TPSA) is 73.6 Å². The van der Waals surface area contributed by atoms with Crippen molar-refractivity contribution in [2.45, 2.75) is 6.04 Å². The Morgan fingerprint density at radius 1 is 1.12 bits per heavy atom. The summed E-state index contributed by atoms with van der Waals surface area (Å²) in [6.45, 7) is 0. The predicted molar refractivity (Wildman–Crippen MR) is 26.2 cm³/mol. The lowest BCUT2D eigenvalue weighted by Crippen LogP contribution is -2.02. The van der Waals surface area contributed by atoms with E-state index in [0.717, 1.165) is 0 Å². The Kier molecular flexibility index (Phi) is 0.932. The van der Waals surface area contributed by atoms with Crippen LogP contribution in [-0.4, -0.2) is 6.04 Å². The maximum Gasteiger partial charge on any atom is 0.0801 e. The fourth-order valence-electron chi connectivity index (χ4n) is 0.667. The van der Waals surface area contributed by atoms with E-state index in [1.165, 1.54) is 0 Å². The number of rotatable bonds is 0. The molecule has 1 aliphatic rings. The van der Waals surface area contributed by atoms with Gasteiger partial charge in [0, 0.05) is 6.04 Å². The van der Waals surface area contributed by atoms with Crippen LogP contribution in [0.4, 0.5) is 0 Å². The van der Waals surface area contributed by atoms with Crippen LogP contribution in [0.1, 0.15) is 0 Å². The third-order valence-corrected chi connectivity index (χ3v) is 1.37. The molecule has 0 amide bonds. The number of hydrogen-bond acceptors (Lipinski definition) is 3. The van der Waals surface area contributed by atoms with E-state index in [1.807, 2.05) is 12.1 Å². The first kappa shape index (κ1) is 5.08. The van der Waals surface area contributed by atoms with E-state index in [1.54, 1.807) is 0 Å². The van der Waals surface area contributed by atoms with E-state index < -0.39 is 0 Å². The van der Waals surface area contributed by atoms with Crippen LogP contribution < -0.4 is 5.73 Å². The van der Waals surface area contributed by atoms with E-state index in [2.05, 4.69) is 0 Å². The minimum absolute atomic E-state index is 0.176. The third kappa shape index (κ3) is 0.458. The smallest absolute Gasteiger partial charge is 0.0801 e. The molecule has 8 heavy (non-hydrogen) atoms. The first-order valence-corrected chi connectivity index (χ1v) is 2.36. The van der Waals surface area contributed by atoms with Crippen molar-refractivity contribution in [3.63, 3.8) is 0 Å². The van der Waals surface area contributed by atoms with Crippen molar-refractivity contribution in [2.75, 3.05) is 0 Å². The quantitative estimate of drug-likeness (QED) is 0.458. The van der Waals surface area contributed by atoms with Crippen LogP contribution >= 0.6 is 0 Å². The molecule has 0 aromatic carbocycles. The second-order valence-corrected chi connectivity index (χ2v) is 1.89. The zero-order chi connectivity index (χ0) is 6.15. The minimum Gasteiger partial charge on any atom is -0.325 e. The Labute approximate surface area is 47.3 Å². The van der Waals surface area contributed by atoms with Crippen LogP contribution in [0.15, 0.2) is 0 Å². The van der Waals surface area contributed by atoms with Gasteiger partial charge in [-0.1, -0.05) is 0 Å². The number of nitriles is 2. The third-order valence-electron chi connectivity index (χ3n) is 1.37. The summed E-state index contributed by atoms with van der Waals surface area (Å²) < 4.78 is 0. The zero-order valence-electron chi connectivity index (χ0n) is 4.20. The van der Waals surface area contributed by atoms with Crippen LogP contribution in [0, 0.1) is 34.5 Å². The second-order valence-electron chi connectivity index (χ2n) is 1.89. The van der Waals surface area contributed by atoms with Crippen LogP contribution in [0.25, 0.3) is 0 Å². The summed E-state index contributed by atoms with van der Waals surface area (Å²) in [7, 11) is 0. The van der Waals surface area contributed by atoms with Crippen molar-refractivity contribution in [2.24, 2.45) is 17.6 Å². The SMILES string of the molecule is N#CC1C(N)C1C#N. The summed E-state index contributed by atoms with van der Waals surface area (Å²) in [5.41, 5.74) is 5.29. The van der Waals surface area contributed by atoms with Gasteiger partial charge in [-0.15, -0.1) is 0 Å². The molecule has 0 aliphatic heterocycles. The monoisotopic (exact) mass is 107 g/mol. The fraction of sp³-hybridized carbons (Fsp3) is 0.600. The highest BCUT2D eigenvalue weighted by Gasteiger charge is 2.48. The van der Waals surface area contributed by atoms with Crippen molar-refractivity contribution >= 4 is 0 Å². The number of nitrogens with two attached hydrogens (primary N) is 1. The van der Waals surface area contributed by atoms with Crippen LogP contribution in [0.3, 0.4) is 0 Å². The van der Waals surface area contributed by atoms with E-state index in [4.69, 9.17) is 16.3 Å². The van der Waals surface area contributed by atoms with Gasteiger partial charge in [0.2, 0.25) is 0 Å². The maximum absolute atomic E-state index is 8.20. The summed E-state index contributed by atoms with van der Waals surface area (Å²) in [4.78, 5) is 0. The molecule has 0 aromatic heterocycles. The summed E-state index contributed by atoms with van der Waals surface area (Å²) in [6.07, 6.45) is 0. The molecule has 1 rings (SSSR count). The highest BCUT2D eigenvalue weighted by Crippen LogP contribution is 2.35. The Hall–Kier alpha value is -1.06. The molecule has 1 aliphatic carbocycles. The Bertz CT molecular complexity index is 153. The molecule has 0 bridgehead atoms. The van der Waals surface area contributed by atoms with Gasteiger partial charge in [0.05, 0.1) is 24.0 Å². The average molecular weight is 107 g/mol. The molecule has 0 heterocycles. The second kappa shape index (κ2) is 1.47. The first-order chi connectivity index (χ1) is 3.81. The van der Waals surface area contributed by atoms with Gasteiger partial charge >= 0.3 is 0 Å². The Balaban J connectivity index is 2.52. The molecule has 1 fully saturated rings. The average Bonchev–Trinajstić information content (AvgIpc) is 2.40. The van der Waals surface area contributed by atoms with Gasteiger partial charge in [-0.25, -0.2) is 0 Å². The highest BCUT2D eigenvalue weighted by atomic mass is 14.8. The van der Waals surface area contributed by atoms with Gasteiger partial charge in [0.25, 0.3) is 0 Å². The molecular weight excluding hydrogens is 102 g/mol. The summed E-state index contributed by atoms with van der Waals surface area (Å²) in [6, 6.07) is 3.71. The van der Waals surface area contributed by atoms with Crippen LogP contribution in [0.5, 0.6) is 0 Å². The lowest BCUT2D eigenvalue weighted by Gasteiger charge is -1.67. The first-order valence-electron chi connectivity index (χ1n) is 2.36. The Morgan fingerprint density at radius 3 is 1.62 bits per heavy atom.